The molecule has 1 aromatic carbocycles. The third-order valence-corrected chi connectivity index (χ3v) is 4.56. The molecular formula is C19H27IN6O2. The molecule has 0 amide bonds. The Hall–Kier alpha value is -2.30. The van der Waals surface area contributed by atoms with E-state index in [2.05, 4.69) is 30.1 Å². The Morgan fingerprint density at radius 2 is 1.82 bits per heavy atom. The second kappa shape index (κ2) is 10.9. The number of ether oxygens (including phenoxy) is 2. The lowest BCUT2D eigenvalue weighted by Crippen LogP contribution is -2.52. The lowest BCUT2D eigenvalue weighted by molar-refractivity contribution is 0.368. The molecule has 152 valence electrons. The summed E-state index contributed by atoms with van der Waals surface area (Å²) in [5.41, 5.74) is 1.05. The molecule has 3 rings (SSSR count). The molecule has 0 saturated carbocycles. The van der Waals surface area contributed by atoms with Crippen LogP contribution in [-0.2, 0) is 6.54 Å². The SMILES string of the molecule is CN=C(NCc1ccc(OC)cc1OC)N1CCN(c2ncccn2)CC1.I. The van der Waals surface area contributed by atoms with Crippen LogP contribution in [0.3, 0.4) is 0 Å². The third kappa shape index (κ3) is 5.37. The number of guanidine groups is 1. The molecule has 0 unspecified atom stereocenters. The van der Waals surface area contributed by atoms with Gasteiger partial charge < -0.3 is 24.6 Å². The van der Waals surface area contributed by atoms with Gasteiger partial charge >= 0.3 is 0 Å². The maximum absolute atomic E-state index is 5.47. The Bertz CT molecular complexity index is 766. The van der Waals surface area contributed by atoms with Crippen molar-refractivity contribution in [2.45, 2.75) is 6.54 Å². The number of benzene rings is 1. The molecule has 1 saturated heterocycles. The number of nitrogens with zero attached hydrogens (tertiary/aromatic N) is 5. The fourth-order valence-electron chi connectivity index (χ4n) is 3.08. The van der Waals surface area contributed by atoms with Gasteiger partial charge in [-0.3, -0.25) is 4.99 Å². The Balaban J connectivity index is 0.00000280. The van der Waals surface area contributed by atoms with Crippen molar-refractivity contribution in [1.82, 2.24) is 20.2 Å². The van der Waals surface area contributed by atoms with Gasteiger partial charge in [-0.25, -0.2) is 9.97 Å². The molecular weight excluding hydrogens is 471 g/mol. The molecule has 0 spiro atoms. The zero-order valence-electron chi connectivity index (χ0n) is 16.5. The molecule has 1 N–H and O–H groups in total. The highest BCUT2D eigenvalue weighted by Crippen LogP contribution is 2.24. The predicted octanol–water partition coefficient (Wildman–Crippen LogP) is 2.01. The van der Waals surface area contributed by atoms with Crippen LogP contribution in [0.25, 0.3) is 0 Å². The van der Waals surface area contributed by atoms with Crippen LogP contribution < -0.4 is 19.7 Å². The van der Waals surface area contributed by atoms with Gasteiger partial charge in [-0.2, -0.15) is 0 Å². The van der Waals surface area contributed by atoms with Crippen LogP contribution in [0, 0.1) is 0 Å². The summed E-state index contributed by atoms with van der Waals surface area (Å²) in [6.45, 7) is 4.06. The van der Waals surface area contributed by atoms with Crippen LogP contribution in [0.2, 0.25) is 0 Å². The van der Waals surface area contributed by atoms with Crippen molar-refractivity contribution in [3.05, 3.63) is 42.2 Å². The van der Waals surface area contributed by atoms with Crippen molar-refractivity contribution in [2.75, 3.05) is 52.3 Å². The minimum absolute atomic E-state index is 0. The summed E-state index contributed by atoms with van der Waals surface area (Å²) in [6, 6.07) is 7.65. The summed E-state index contributed by atoms with van der Waals surface area (Å²) in [5.74, 6) is 3.23. The number of methoxy groups -OCH3 is 2. The number of halogens is 1. The zero-order valence-corrected chi connectivity index (χ0v) is 18.8. The fourth-order valence-corrected chi connectivity index (χ4v) is 3.08. The van der Waals surface area contributed by atoms with E-state index in [9.17, 15) is 0 Å². The lowest BCUT2D eigenvalue weighted by atomic mass is 10.2. The zero-order chi connectivity index (χ0) is 19.1. The van der Waals surface area contributed by atoms with Crippen LogP contribution in [0.4, 0.5) is 5.95 Å². The summed E-state index contributed by atoms with van der Waals surface area (Å²) in [5, 5.41) is 3.43. The van der Waals surface area contributed by atoms with Gasteiger partial charge in [0.1, 0.15) is 11.5 Å². The second-order valence-electron chi connectivity index (χ2n) is 6.10. The number of anilines is 1. The maximum atomic E-state index is 5.47. The standard InChI is InChI=1S/C19H26N6O2.HI/c1-20-18(23-14-15-5-6-16(26-2)13-17(15)27-3)24-9-11-25(12-10-24)19-21-7-4-8-22-19;/h4-8,13H,9-12,14H2,1-3H3,(H,20,23);1H. The summed E-state index contributed by atoms with van der Waals surface area (Å²) < 4.78 is 10.7. The van der Waals surface area contributed by atoms with Gasteiger partial charge in [0.2, 0.25) is 5.95 Å². The first-order chi connectivity index (χ1) is 13.2. The van der Waals surface area contributed by atoms with Crippen molar-refractivity contribution in [3.63, 3.8) is 0 Å². The van der Waals surface area contributed by atoms with E-state index in [-0.39, 0.29) is 24.0 Å². The molecule has 1 aliphatic heterocycles. The fraction of sp³-hybridized carbons (Fsp3) is 0.421. The topological polar surface area (TPSA) is 75.1 Å². The lowest BCUT2D eigenvalue weighted by Gasteiger charge is -2.36. The molecule has 0 radical (unpaired) electrons. The first kappa shape index (κ1) is 22.0. The Labute approximate surface area is 183 Å². The van der Waals surface area contributed by atoms with E-state index in [1.165, 1.54) is 0 Å². The number of nitrogens with one attached hydrogen (secondary N) is 1. The van der Waals surface area contributed by atoms with Crippen LogP contribution in [0.5, 0.6) is 11.5 Å². The monoisotopic (exact) mass is 498 g/mol. The summed E-state index contributed by atoms with van der Waals surface area (Å²) in [6.07, 6.45) is 3.55. The number of piperazine rings is 1. The number of aromatic nitrogens is 2. The predicted molar refractivity (Wildman–Crippen MR) is 121 cm³/mol. The first-order valence-electron chi connectivity index (χ1n) is 8.93. The van der Waals surface area contributed by atoms with Gasteiger partial charge in [0.05, 0.1) is 14.2 Å². The Morgan fingerprint density at radius 3 is 2.43 bits per heavy atom. The molecule has 28 heavy (non-hydrogen) atoms. The van der Waals surface area contributed by atoms with Crippen LogP contribution in [-0.4, -0.2) is 68.3 Å². The molecule has 1 aliphatic rings. The Morgan fingerprint density at radius 1 is 1.11 bits per heavy atom. The third-order valence-electron chi connectivity index (χ3n) is 4.56. The highest BCUT2D eigenvalue weighted by Gasteiger charge is 2.21. The largest absolute Gasteiger partial charge is 0.497 e. The normalized spacial score (nSPS) is 14.3. The molecule has 9 heteroatoms. The number of aliphatic imine (C=N–C) groups is 1. The summed E-state index contributed by atoms with van der Waals surface area (Å²) in [4.78, 5) is 17.5. The van der Waals surface area contributed by atoms with E-state index in [1.54, 1.807) is 33.7 Å². The maximum Gasteiger partial charge on any atom is 0.225 e. The highest BCUT2D eigenvalue weighted by atomic mass is 127. The quantitative estimate of drug-likeness (QED) is 0.384. The molecule has 0 aliphatic carbocycles. The van der Waals surface area contributed by atoms with Gasteiger partial charge in [-0.15, -0.1) is 24.0 Å². The van der Waals surface area contributed by atoms with Gasteiger partial charge in [0.15, 0.2) is 5.96 Å². The van der Waals surface area contributed by atoms with E-state index >= 15 is 0 Å². The first-order valence-corrected chi connectivity index (χ1v) is 8.93. The number of rotatable bonds is 5. The molecule has 2 aromatic rings. The molecule has 2 heterocycles. The van der Waals surface area contributed by atoms with Gasteiger partial charge in [0, 0.05) is 63.8 Å². The van der Waals surface area contributed by atoms with Crippen molar-refractivity contribution < 1.29 is 9.47 Å². The van der Waals surface area contributed by atoms with E-state index in [0.29, 0.717) is 6.54 Å². The van der Waals surface area contributed by atoms with E-state index < -0.39 is 0 Å². The van der Waals surface area contributed by atoms with Crippen molar-refractivity contribution in [1.29, 1.82) is 0 Å². The molecule has 1 aromatic heterocycles. The summed E-state index contributed by atoms with van der Waals surface area (Å²) >= 11 is 0. The number of hydrogen-bond donors (Lipinski definition) is 1. The van der Waals surface area contributed by atoms with Gasteiger partial charge in [-0.05, 0) is 18.2 Å². The second-order valence-corrected chi connectivity index (χ2v) is 6.10. The van der Waals surface area contributed by atoms with Crippen molar-refractivity contribution in [2.24, 2.45) is 4.99 Å². The van der Waals surface area contributed by atoms with E-state index in [0.717, 1.165) is 55.1 Å². The summed E-state index contributed by atoms with van der Waals surface area (Å²) in [7, 11) is 5.12. The van der Waals surface area contributed by atoms with Crippen LogP contribution in [0.15, 0.2) is 41.7 Å². The van der Waals surface area contributed by atoms with Crippen LogP contribution in [0.1, 0.15) is 5.56 Å². The average molecular weight is 498 g/mol. The van der Waals surface area contributed by atoms with Crippen LogP contribution >= 0.6 is 24.0 Å². The smallest absolute Gasteiger partial charge is 0.225 e. The Kier molecular flexibility index (Phi) is 8.55. The average Bonchev–Trinajstić information content (AvgIpc) is 2.75. The molecule has 8 nitrogen and oxygen atoms in total. The van der Waals surface area contributed by atoms with Gasteiger partial charge in [-0.1, -0.05) is 0 Å². The van der Waals surface area contributed by atoms with Crippen molar-refractivity contribution in [3.8, 4) is 11.5 Å². The minimum Gasteiger partial charge on any atom is -0.497 e. The van der Waals surface area contributed by atoms with E-state index in [4.69, 9.17) is 9.47 Å². The van der Waals surface area contributed by atoms with Crippen molar-refractivity contribution >= 4 is 35.9 Å². The molecule has 0 atom stereocenters. The minimum atomic E-state index is 0. The highest BCUT2D eigenvalue weighted by molar-refractivity contribution is 14.0. The van der Waals surface area contributed by atoms with Gasteiger partial charge in [0.25, 0.3) is 0 Å². The molecule has 1 fully saturated rings. The molecule has 0 bridgehead atoms. The van der Waals surface area contributed by atoms with E-state index in [1.807, 2.05) is 24.3 Å². The number of hydrogen-bond acceptors (Lipinski definition) is 6.